The Kier molecular flexibility index (Phi) is 5.87. The molecule has 0 saturated carbocycles. The van der Waals surface area contributed by atoms with Gasteiger partial charge in [-0.05, 0) is 17.7 Å². The minimum absolute atomic E-state index is 0.0501. The van der Waals surface area contributed by atoms with Gasteiger partial charge in [0.05, 0.1) is 18.2 Å². The smallest absolute Gasteiger partial charge is 0.287 e. The van der Waals surface area contributed by atoms with Crippen molar-refractivity contribution in [1.82, 2.24) is 9.47 Å². The Morgan fingerprint density at radius 3 is 2.70 bits per heavy atom. The minimum Gasteiger partial charge on any atom is -0.494 e. The summed E-state index contributed by atoms with van der Waals surface area (Å²) in [5, 5.41) is 19.8. The number of benzene rings is 1. The van der Waals surface area contributed by atoms with Gasteiger partial charge in [-0.3, -0.25) is 24.3 Å². The third kappa shape index (κ3) is 4.46. The zero-order valence-corrected chi connectivity index (χ0v) is 14.5. The Morgan fingerprint density at radius 1 is 1.44 bits per heavy atom. The third-order valence-electron chi connectivity index (χ3n) is 3.77. The Bertz CT molecular complexity index is 996. The monoisotopic (exact) mass is 374 g/mol. The SMILES string of the molecule is COc1ccc(CN(C)C(=O)Cn2cc([N+](=O)[O-])cc(C#N)c2=O)cc1F. The van der Waals surface area contributed by atoms with Crippen molar-refractivity contribution in [3.05, 3.63) is 67.9 Å². The van der Waals surface area contributed by atoms with E-state index in [4.69, 9.17) is 10.00 Å². The van der Waals surface area contributed by atoms with E-state index in [1.165, 1.54) is 31.2 Å². The fourth-order valence-corrected chi connectivity index (χ4v) is 2.35. The molecule has 1 amide bonds. The Hall–Kier alpha value is -3.74. The van der Waals surface area contributed by atoms with Crippen molar-refractivity contribution in [2.75, 3.05) is 14.2 Å². The van der Waals surface area contributed by atoms with Crippen LogP contribution in [0.1, 0.15) is 11.1 Å². The van der Waals surface area contributed by atoms with E-state index in [1.807, 2.05) is 0 Å². The first-order valence-corrected chi connectivity index (χ1v) is 7.62. The van der Waals surface area contributed by atoms with Gasteiger partial charge in [0.25, 0.3) is 11.2 Å². The van der Waals surface area contributed by atoms with Gasteiger partial charge in [0.2, 0.25) is 5.91 Å². The molecule has 0 radical (unpaired) electrons. The maximum absolute atomic E-state index is 13.7. The first kappa shape index (κ1) is 19.6. The zero-order chi connectivity index (χ0) is 20.1. The predicted octanol–water partition coefficient (Wildman–Crippen LogP) is 1.43. The maximum atomic E-state index is 13.7. The number of halogens is 1. The van der Waals surface area contributed by atoms with Gasteiger partial charge in [-0.1, -0.05) is 6.07 Å². The molecule has 0 bridgehead atoms. The van der Waals surface area contributed by atoms with Crippen molar-refractivity contribution in [3.63, 3.8) is 0 Å². The highest BCUT2D eigenvalue weighted by molar-refractivity contribution is 5.75. The van der Waals surface area contributed by atoms with Gasteiger partial charge in [-0.25, -0.2) is 4.39 Å². The molecule has 140 valence electrons. The summed E-state index contributed by atoms with van der Waals surface area (Å²) in [5.41, 5.74) is -1.22. The van der Waals surface area contributed by atoms with Crippen LogP contribution in [-0.4, -0.2) is 34.5 Å². The summed E-state index contributed by atoms with van der Waals surface area (Å²) < 4.78 is 19.4. The second kappa shape index (κ2) is 8.09. The zero-order valence-electron chi connectivity index (χ0n) is 14.5. The molecular weight excluding hydrogens is 359 g/mol. The van der Waals surface area contributed by atoms with Gasteiger partial charge in [0.15, 0.2) is 11.6 Å². The third-order valence-corrected chi connectivity index (χ3v) is 3.77. The molecule has 1 aromatic carbocycles. The van der Waals surface area contributed by atoms with E-state index in [9.17, 15) is 24.1 Å². The summed E-state index contributed by atoms with van der Waals surface area (Å²) in [4.78, 5) is 35.8. The van der Waals surface area contributed by atoms with Crippen molar-refractivity contribution >= 4 is 11.6 Å². The number of methoxy groups -OCH3 is 1. The van der Waals surface area contributed by atoms with Gasteiger partial charge in [0, 0.05) is 19.7 Å². The molecule has 0 unspecified atom stereocenters. The summed E-state index contributed by atoms with van der Waals surface area (Å²) in [6.07, 6.45) is 0.905. The van der Waals surface area contributed by atoms with Crippen LogP contribution in [0.5, 0.6) is 5.75 Å². The molecular formula is C17H15FN4O5. The fourth-order valence-electron chi connectivity index (χ4n) is 2.35. The largest absolute Gasteiger partial charge is 0.494 e. The highest BCUT2D eigenvalue weighted by atomic mass is 19.1. The van der Waals surface area contributed by atoms with Crippen LogP contribution >= 0.6 is 0 Å². The van der Waals surface area contributed by atoms with Gasteiger partial charge in [0.1, 0.15) is 18.2 Å². The van der Waals surface area contributed by atoms with Crippen molar-refractivity contribution in [2.24, 2.45) is 0 Å². The van der Waals surface area contributed by atoms with Crippen molar-refractivity contribution in [2.45, 2.75) is 13.1 Å². The molecule has 0 aliphatic rings. The molecule has 2 aromatic rings. The van der Waals surface area contributed by atoms with Crippen LogP contribution in [0.2, 0.25) is 0 Å². The lowest BCUT2D eigenvalue weighted by atomic mass is 10.2. The van der Waals surface area contributed by atoms with Crippen LogP contribution < -0.4 is 10.3 Å². The predicted molar refractivity (Wildman–Crippen MR) is 91.5 cm³/mol. The summed E-state index contributed by atoms with van der Waals surface area (Å²) in [7, 11) is 2.78. The molecule has 1 heterocycles. The molecule has 0 saturated heterocycles. The Balaban J connectivity index is 2.20. The van der Waals surface area contributed by atoms with E-state index in [-0.39, 0.29) is 12.3 Å². The van der Waals surface area contributed by atoms with E-state index >= 15 is 0 Å². The lowest BCUT2D eigenvalue weighted by Crippen LogP contribution is -2.34. The molecule has 0 atom stereocenters. The first-order valence-electron chi connectivity index (χ1n) is 7.62. The fraction of sp³-hybridized carbons (Fsp3) is 0.235. The number of nitro groups is 1. The molecule has 0 spiro atoms. The normalized spacial score (nSPS) is 10.1. The van der Waals surface area contributed by atoms with Crippen LogP contribution in [0, 0.1) is 27.3 Å². The molecule has 0 N–H and O–H groups in total. The molecule has 0 aliphatic heterocycles. The number of nitriles is 1. The topological polar surface area (TPSA) is 118 Å². The highest BCUT2D eigenvalue weighted by Gasteiger charge is 2.17. The van der Waals surface area contributed by atoms with Gasteiger partial charge in [-0.15, -0.1) is 0 Å². The summed E-state index contributed by atoms with van der Waals surface area (Å²) in [6.45, 7) is -0.446. The van der Waals surface area contributed by atoms with Crippen LogP contribution in [0.3, 0.4) is 0 Å². The van der Waals surface area contributed by atoms with E-state index in [0.717, 1.165) is 16.8 Å². The number of aromatic nitrogens is 1. The van der Waals surface area contributed by atoms with Crippen molar-refractivity contribution in [1.29, 1.82) is 5.26 Å². The molecule has 0 aliphatic carbocycles. The number of amides is 1. The molecule has 27 heavy (non-hydrogen) atoms. The van der Waals surface area contributed by atoms with E-state index in [1.54, 1.807) is 12.1 Å². The second-order valence-electron chi connectivity index (χ2n) is 5.63. The second-order valence-corrected chi connectivity index (χ2v) is 5.63. The minimum atomic E-state index is -0.805. The average Bonchev–Trinajstić information content (AvgIpc) is 2.63. The average molecular weight is 374 g/mol. The highest BCUT2D eigenvalue weighted by Crippen LogP contribution is 2.18. The lowest BCUT2D eigenvalue weighted by Gasteiger charge is -2.18. The molecule has 1 aromatic heterocycles. The number of carbonyl (C=O) groups excluding carboxylic acids is 1. The summed E-state index contributed by atoms with van der Waals surface area (Å²) in [6, 6.07) is 6.65. The van der Waals surface area contributed by atoms with Crippen LogP contribution in [0.15, 0.2) is 35.3 Å². The standard InChI is InChI=1S/C17H15FN4O5/c1-20(8-11-3-4-15(27-2)14(18)5-11)16(23)10-21-9-13(22(25)26)6-12(7-19)17(21)24/h3-6,9H,8,10H2,1-2H3. The van der Waals surface area contributed by atoms with E-state index in [2.05, 4.69) is 0 Å². The van der Waals surface area contributed by atoms with Gasteiger partial charge >= 0.3 is 0 Å². The van der Waals surface area contributed by atoms with Crippen LogP contribution in [0.4, 0.5) is 10.1 Å². The summed E-state index contributed by atoms with van der Waals surface area (Å²) >= 11 is 0. The maximum Gasteiger partial charge on any atom is 0.287 e. The number of hydrogen-bond acceptors (Lipinski definition) is 6. The van der Waals surface area contributed by atoms with E-state index in [0.29, 0.717) is 5.56 Å². The molecule has 9 nitrogen and oxygen atoms in total. The first-order chi connectivity index (χ1) is 12.8. The summed E-state index contributed by atoms with van der Waals surface area (Å²) in [5.74, 6) is -1.05. The van der Waals surface area contributed by atoms with E-state index < -0.39 is 40.0 Å². The van der Waals surface area contributed by atoms with Crippen LogP contribution in [0.25, 0.3) is 0 Å². The molecule has 2 rings (SSSR count). The molecule has 10 heteroatoms. The number of hydrogen-bond donors (Lipinski definition) is 0. The quantitative estimate of drug-likeness (QED) is 0.557. The number of rotatable bonds is 6. The Labute approximate surface area is 153 Å². The van der Waals surface area contributed by atoms with Gasteiger partial charge in [-0.2, -0.15) is 5.26 Å². The van der Waals surface area contributed by atoms with Crippen molar-refractivity contribution < 1.29 is 18.8 Å². The number of ether oxygens (including phenoxy) is 1. The number of carbonyl (C=O) groups is 1. The molecule has 0 fully saturated rings. The number of pyridine rings is 1. The van der Waals surface area contributed by atoms with Crippen molar-refractivity contribution in [3.8, 4) is 11.8 Å². The van der Waals surface area contributed by atoms with Gasteiger partial charge < -0.3 is 9.64 Å². The number of likely N-dealkylation sites (N-methyl/N-ethyl adjacent to an activating group) is 1. The Morgan fingerprint density at radius 2 is 2.15 bits per heavy atom. The van der Waals surface area contributed by atoms with Crippen LogP contribution in [-0.2, 0) is 17.9 Å². The number of nitrogens with zero attached hydrogens (tertiary/aromatic N) is 4. The lowest BCUT2D eigenvalue weighted by molar-refractivity contribution is -0.385.